The molecule has 0 unspecified atom stereocenters. The van der Waals surface area contributed by atoms with Gasteiger partial charge in [0.2, 0.25) is 0 Å². The van der Waals surface area contributed by atoms with Gasteiger partial charge in [0.05, 0.1) is 5.71 Å². The SMILES string of the molecule is C1=CC2=NCCCC2=CN1. The molecule has 2 heteroatoms. The van der Waals surface area contributed by atoms with E-state index < -0.39 is 0 Å². The van der Waals surface area contributed by atoms with Crippen molar-refractivity contribution in [1.82, 2.24) is 5.32 Å². The number of nitrogens with zero attached hydrogens (tertiary/aromatic N) is 1. The van der Waals surface area contributed by atoms with Crippen LogP contribution in [0.15, 0.2) is 29.0 Å². The van der Waals surface area contributed by atoms with E-state index in [1.54, 1.807) is 0 Å². The Bertz CT molecular complexity index is 223. The zero-order valence-corrected chi connectivity index (χ0v) is 5.80. The van der Waals surface area contributed by atoms with Crippen molar-refractivity contribution in [3.05, 3.63) is 24.0 Å². The van der Waals surface area contributed by atoms with E-state index >= 15 is 0 Å². The standard InChI is InChI=1S/C8H10N2/c1-2-7-6-9-5-3-8(7)10-4-1/h3,5-6,9H,1-2,4H2. The first kappa shape index (κ1) is 5.71. The fourth-order valence-electron chi connectivity index (χ4n) is 1.28. The van der Waals surface area contributed by atoms with E-state index in [4.69, 9.17) is 0 Å². The van der Waals surface area contributed by atoms with E-state index in [1.807, 2.05) is 18.5 Å². The highest BCUT2D eigenvalue weighted by molar-refractivity contribution is 6.09. The summed E-state index contributed by atoms with van der Waals surface area (Å²) in [5, 5.41) is 3.06. The molecule has 0 amide bonds. The smallest absolute Gasteiger partial charge is 0.0635 e. The van der Waals surface area contributed by atoms with Crippen molar-refractivity contribution in [2.75, 3.05) is 6.54 Å². The van der Waals surface area contributed by atoms with Crippen molar-refractivity contribution in [2.24, 2.45) is 4.99 Å². The maximum atomic E-state index is 4.37. The topological polar surface area (TPSA) is 24.4 Å². The third kappa shape index (κ3) is 0.856. The Kier molecular flexibility index (Phi) is 1.31. The summed E-state index contributed by atoms with van der Waals surface area (Å²) in [5.74, 6) is 0. The second kappa shape index (κ2) is 2.29. The second-order valence-electron chi connectivity index (χ2n) is 2.54. The van der Waals surface area contributed by atoms with Crippen LogP contribution in [0.1, 0.15) is 12.8 Å². The summed E-state index contributed by atoms with van der Waals surface area (Å²) in [6, 6.07) is 0. The molecule has 0 aromatic carbocycles. The largest absolute Gasteiger partial charge is 0.367 e. The first-order valence-electron chi connectivity index (χ1n) is 3.63. The Labute approximate surface area is 60.3 Å². The van der Waals surface area contributed by atoms with E-state index in [9.17, 15) is 0 Å². The van der Waals surface area contributed by atoms with Crippen molar-refractivity contribution in [2.45, 2.75) is 12.8 Å². The molecule has 2 nitrogen and oxygen atoms in total. The number of rotatable bonds is 0. The quantitative estimate of drug-likeness (QED) is 0.529. The minimum absolute atomic E-state index is 0.997. The molecule has 2 rings (SSSR count). The maximum absolute atomic E-state index is 4.37. The van der Waals surface area contributed by atoms with Gasteiger partial charge in [0.15, 0.2) is 0 Å². The van der Waals surface area contributed by atoms with Gasteiger partial charge in [-0.05, 0) is 24.5 Å². The molecule has 0 radical (unpaired) electrons. The lowest BCUT2D eigenvalue weighted by Gasteiger charge is -2.15. The first-order valence-corrected chi connectivity index (χ1v) is 3.63. The fraction of sp³-hybridized carbons (Fsp3) is 0.375. The van der Waals surface area contributed by atoms with Gasteiger partial charge in [-0.15, -0.1) is 0 Å². The second-order valence-corrected chi connectivity index (χ2v) is 2.54. The van der Waals surface area contributed by atoms with Gasteiger partial charge in [-0.1, -0.05) is 0 Å². The highest BCUT2D eigenvalue weighted by Crippen LogP contribution is 2.15. The Morgan fingerprint density at radius 3 is 3.40 bits per heavy atom. The van der Waals surface area contributed by atoms with Crippen molar-refractivity contribution in [1.29, 1.82) is 0 Å². The van der Waals surface area contributed by atoms with Crippen LogP contribution in [0, 0.1) is 0 Å². The molecule has 2 aliphatic heterocycles. The molecule has 1 N–H and O–H groups in total. The number of dihydropyridines is 1. The first-order chi connectivity index (χ1) is 4.97. The van der Waals surface area contributed by atoms with Crippen LogP contribution >= 0.6 is 0 Å². The summed E-state index contributed by atoms with van der Waals surface area (Å²) < 4.78 is 0. The van der Waals surface area contributed by atoms with Crippen LogP contribution in [-0.4, -0.2) is 12.3 Å². The number of hydrogen-bond acceptors (Lipinski definition) is 2. The lowest BCUT2D eigenvalue weighted by molar-refractivity contribution is 0.808. The monoisotopic (exact) mass is 134 g/mol. The van der Waals surface area contributed by atoms with Crippen LogP contribution in [0.25, 0.3) is 0 Å². The van der Waals surface area contributed by atoms with Crippen molar-refractivity contribution in [3.63, 3.8) is 0 Å². The van der Waals surface area contributed by atoms with Crippen LogP contribution in [0.2, 0.25) is 0 Å². The van der Waals surface area contributed by atoms with Crippen molar-refractivity contribution < 1.29 is 0 Å². The van der Waals surface area contributed by atoms with E-state index in [0.29, 0.717) is 0 Å². The van der Waals surface area contributed by atoms with Gasteiger partial charge in [-0.25, -0.2) is 0 Å². The zero-order valence-electron chi connectivity index (χ0n) is 5.80. The third-order valence-electron chi connectivity index (χ3n) is 1.81. The Morgan fingerprint density at radius 2 is 2.50 bits per heavy atom. The molecule has 10 heavy (non-hydrogen) atoms. The van der Waals surface area contributed by atoms with E-state index in [2.05, 4.69) is 10.3 Å². The molecule has 0 saturated carbocycles. The number of hydrogen-bond donors (Lipinski definition) is 1. The molecule has 2 heterocycles. The van der Waals surface area contributed by atoms with Gasteiger partial charge in [0.25, 0.3) is 0 Å². The van der Waals surface area contributed by atoms with Gasteiger partial charge in [0.1, 0.15) is 0 Å². The molecule has 0 aromatic rings. The zero-order chi connectivity index (χ0) is 6.81. The number of fused-ring (bicyclic) bond motifs is 1. The molecule has 0 fully saturated rings. The molecule has 0 saturated heterocycles. The predicted octanol–water partition coefficient (Wildman–Crippen LogP) is 1.22. The van der Waals surface area contributed by atoms with Gasteiger partial charge in [-0.2, -0.15) is 0 Å². The Hall–Kier alpha value is -1.05. The number of aliphatic imine (C=N–C) groups is 1. The molecular formula is C8H10N2. The molecule has 0 aliphatic carbocycles. The highest BCUT2D eigenvalue weighted by atomic mass is 14.8. The average Bonchev–Trinajstić information content (AvgIpc) is 2.05. The van der Waals surface area contributed by atoms with E-state index in [1.165, 1.54) is 24.1 Å². The molecule has 52 valence electrons. The van der Waals surface area contributed by atoms with Crippen LogP contribution in [-0.2, 0) is 0 Å². The van der Waals surface area contributed by atoms with Crippen molar-refractivity contribution >= 4 is 5.71 Å². The number of nitrogens with one attached hydrogen (secondary N) is 1. The normalized spacial score (nSPS) is 22.4. The summed E-state index contributed by atoms with van der Waals surface area (Å²) in [6.07, 6.45) is 8.38. The van der Waals surface area contributed by atoms with Gasteiger partial charge >= 0.3 is 0 Å². The Balaban J connectivity index is 2.32. The molecule has 0 bridgehead atoms. The lowest BCUT2D eigenvalue weighted by atomic mass is 10.0. The van der Waals surface area contributed by atoms with Crippen LogP contribution in [0.5, 0.6) is 0 Å². The summed E-state index contributed by atoms with van der Waals surface area (Å²) >= 11 is 0. The molecule has 0 atom stereocenters. The van der Waals surface area contributed by atoms with Crippen LogP contribution in [0.4, 0.5) is 0 Å². The lowest BCUT2D eigenvalue weighted by Crippen LogP contribution is -2.14. The summed E-state index contributed by atoms with van der Waals surface area (Å²) in [5.41, 5.74) is 2.53. The predicted molar refractivity (Wildman–Crippen MR) is 41.9 cm³/mol. The fourth-order valence-corrected chi connectivity index (χ4v) is 1.28. The third-order valence-corrected chi connectivity index (χ3v) is 1.81. The minimum atomic E-state index is 0.997. The molecule has 0 spiro atoms. The maximum Gasteiger partial charge on any atom is 0.0635 e. The Morgan fingerprint density at radius 1 is 1.50 bits per heavy atom. The van der Waals surface area contributed by atoms with Gasteiger partial charge < -0.3 is 5.32 Å². The average molecular weight is 134 g/mol. The van der Waals surface area contributed by atoms with Gasteiger partial charge in [0, 0.05) is 18.9 Å². The van der Waals surface area contributed by atoms with Crippen LogP contribution in [0.3, 0.4) is 0 Å². The van der Waals surface area contributed by atoms with Crippen LogP contribution < -0.4 is 5.32 Å². The molecule has 0 aromatic heterocycles. The highest BCUT2D eigenvalue weighted by Gasteiger charge is 2.10. The summed E-state index contributed by atoms with van der Waals surface area (Å²) in [7, 11) is 0. The van der Waals surface area contributed by atoms with Crippen molar-refractivity contribution in [3.8, 4) is 0 Å². The van der Waals surface area contributed by atoms with Gasteiger partial charge in [-0.3, -0.25) is 4.99 Å². The van der Waals surface area contributed by atoms with E-state index in [-0.39, 0.29) is 0 Å². The van der Waals surface area contributed by atoms with E-state index in [0.717, 1.165) is 6.54 Å². The number of allylic oxidation sites excluding steroid dienone is 2. The molecular weight excluding hydrogens is 124 g/mol. The summed E-state index contributed by atoms with van der Waals surface area (Å²) in [6.45, 7) is 0.997. The molecule has 2 aliphatic rings. The summed E-state index contributed by atoms with van der Waals surface area (Å²) in [4.78, 5) is 4.37. The minimum Gasteiger partial charge on any atom is -0.367 e.